The highest BCUT2D eigenvalue weighted by Gasteiger charge is 2.07. The minimum atomic E-state index is -0.460. The van der Waals surface area contributed by atoms with Crippen LogP contribution < -0.4 is 15.8 Å². The third-order valence-electron chi connectivity index (χ3n) is 2.26. The number of amides is 1. The zero-order valence-corrected chi connectivity index (χ0v) is 9.96. The van der Waals surface area contributed by atoms with Crippen molar-refractivity contribution in [3.8, 4) is 5.75 Å². The van der Waals surface area contributed by atoms with E-state index in [0.29, 0.717) is 0 Å². The molecule has 0 unspecified atom stereocenters. The number of hydrogen-bond acceptors (Lipinski definition) is 3. The molecule has 1 aromatic carbocycles. The van der Waals surface area contributed by atoms with Crippen molar-refractivity contribution in [3.63, 3.8) is 0 Å². The lowest BCUT2D eigenvalue weighted by atomic mass is 10.1. The molecule has 4 heteroatoms. The van der Waals surface area contributed by atoms with Gasteiger partial charge in [0.1, 0.15) is 5.75 Å². The van der Waals surface area contributed by atoms with E-state index in [1.165, 1.54) is 5.56 Å². The molecule has 0 aliphatic heterocycles. The van der Waals surface area contributed by atoms with Crippen LogP contribution in [0, 0.1) is 13.8 Å². The number of benzene rings is 1. The van der Waals surface area contributed by atoms with Crippen molar-refractivity contribution in [2.24, 2.45) is 5.73 Å². The first-order valence-corrected chi connectivity index (χ1v) is 5.20. The summed E-state index contributed by atoms with van der Waals surface area (Å²) >= 11 is 0. The van der Waals surface area contributed by atoms with Crippen molar-refractivity contribution in [3.05, 3.63) is 28.8 Å². The van der Waals surface area contributed by atoms with Gasteiger partial charge in [0.25, 0.3) is 5.91 Å². The second-order valence-electron chi connectivity index (χ2n) is 3.84. The molecule has 0 aliphatic rings. The Kier molecular flexibility index (Phi) is 4.31. The predicted octanol–water partition coefficient (Wildman–Crippen LogP) is 0.887. The van der Waals surface area contributed by atoms with Crippen LogP contribution in [0.2, 0.25) is 0 Å². The van der Waals surface area contributed by atoms with Gasteiger partial charge < -0.3 is 15.8 Å². The largest absolute Gasteiger partial charge is 0.483 e. The number of primary amides is 1. The molecule has 0 saturated carbocycles. The van der Waals surface area contributed by atoms with Crippen LogP contribution in [0.4, 0.5) is 0 Å². The first-order valence-electron chi connectivity index (χ1n) is 5.20. The maximum Gasteiger partial charge on any atom is 0.255 e. The zero-order valence-electron chi connectivity index (χ0n) is 9.96. The molecule has 1 rings (SSSR count). The average molecular weight is 222 g/mol. The number of carbonyl (C=O) groups excluding carboxylic acids is 1. The molecule has 0 spiro atoms. The Morgan fingerprint density at radius 1 is 1.38 bits per heavy atom. The van der Waals surface area contributed by atoms with E-state index in [0.717, 1.165) is 23.4 Å². The lowest BCUT2D eigenvalue weighted by molar-refractivity contribution is -0.119. The molecular weight excluding hydrogens is 204 g/mol. The van der Waals surface area contributed by atoms with E-state index in [2.05, 4.69) is 5.32 Å². The van der Waals surface area contributed by atoms with Gasteiger partial charge in [-0.05, 0) is 37.6 Å². The van der Waals surface area contributed by atoms with E-state index in [-0.39, 0.29) is 6.61 Å². The fraction of sp³-hybridized carbons (Fsp3) is 0.417. The van der Waals surface area contributed by atoms with Crippen molar-refractivity contribution < 1.29 is 9.53 Å². The second kappa shape index (κ2) is 5.51. The fourth-order valence-corrected chi connectivity index (χ4v) is 1.72. The molecule has 0 aliphatic carbocycles. The first-order chi connectivity index (χ1) is 7.54. The molecule has 0 radical (unpaired) electrons. The van der Waals surface area contributed by atoms with Gasteiger partial charge in [-0.1, -0.05) is 12.1 Å². The summed E-state index contributed by atoms with van der Waals surface area (Å²) in [6.45, 7) is 4.66. The zero-order chi connectivity index (χ0) is 12.1. The fourth-order valence-electron chi connectivity index (χ4n) is 1.72. The Morgan fingerprint density at radius 2 is 1.94 bits per heavy atom. The standard InChI is InChI=1S/C12H18N2O2/c1-8-4-10(6-14-3)5-9(2)12(8)16-7-11(13)15/h4-5,14H,6-7H2,1-3H3,(H2,13,15). The van der Waals surface area contributed by atoms with Gasteiger partial charge in [-0.2, -0.15) is 0 Å². The Labute approximate surface area is 95.8 Å². The highest BCUT2D eigenvalue weighted by molar-refractivity contribution is 5.75. The first kappa shape index (κ1) is 12.5. The second-order valence-corrected chi connectivity index (χ2v) is 3.84. The SMILES string of the molecule is CNCc1cc(C)c(OCC(N)=O)c(C)c1. The average Bonchev–Trinajstić information content (AvgIpc) is 2.16. The van der Waals surface area contributed by atoms with E-state index in [1.807, 2.05) is 33.0 Å². The molecule has 0 aromatic heterocycles. The van der Waals surface area contributed by atoms with E-state index >= 15 is 0 Å². The third kappa shape index (κ3) is 3.24. The van der Waals surface area contributed by atoms with Gasteiger partial charge in [-0.15, -0.1) is 0 Å². The lowest BCUT2D eigenvalue weighted by Gasteiger charge is -2.12. The summed E-state index contributed by atoms with van der Waals surface area (Å²) in [5, 5.41) is 3.09. The minimum Gasteiger partial charge on any atom is -0.483 e. The topological polar surface area (TPSA) is 64.3 Å². The van der Waals surface area contributed by atoms with Crippen molar-refractivity contribution in [1.29, 1.82) is 0 Å². The summed E-state index contributed by atoms with van der Waals surface area (Å²) < 4.78 is 5.37. The van der Waals surface area contributed by atoms with Crippen LogP contribution in [0.25, 0.3) is 0 Å². The molecule has 16 heavy (non-hydrogen) atoms. The van der Waals surface area contributed by atoms with Crippen LogP contribution in [0.3, 0.4) is 0 Å². The number of nitrogens with two attached hydrogens (primary N) is 1. The van der Waals surface area contributed by atoms with E-state index in [4.69, 9.17) is 10.5 Å². The Bertz CT molecular complexity index is 366. The van der Waals surface area contributed by atoms with Gasteiger partial charge in [0.05, 0.1) is 0 Å². The maximum absolute atomic E-state index is 10.7. The van der Waals surface area contributed by atoms with Gasteiger partial charge in [-0.3, -0.25) is 4.79 Å². The monoisotopic (exact) mass is 222 g/mol. The highest BCUT2D eigenvalue weighted by Crippen LogP contribution is 2.24. The van der Waals surface area contributed by atoms with Crippen molar-refractivity contribution in [1.82, 2.24) is 5.32 Å². The van der Waals surface area contributed by atoms with Gasteiger partial charge >= 0.3 is 0 Å². The van der Waals surface area contributed by atoms with E-state index in [1.54, 1.807) is 0 Å². The molecule has 4 nitrogen and oxygen atoms in total. The van der Waals surface area contributed by atoms with Gasteiger partial charge in [0, 0.05) is 6.54 Å². The Hall–Kier alpha value is -1.55. The summed E-state index contributed by atoms with van der Waals surface area (Å²) in [6.07, 6.45) is 0. The van der Waals surface area contributed by atoms with Crippen molar-refractivity contribution in [2.75, 3.05) is 13.7 Å². The number of rotatable bonds is 5. The lowest BCUT2D eigenvalue weighted by Crippen LogP contribution is -2.20. The third-order valence-corrected chi connectivity index (χ3v) is 2.26. The number of hydrogen-bond donors (Lipinski definition) is 2. The van der Waals surface area contributed by atoms with Gasteiger partial charge in [0.2, 0.25) is 0 Å². The maximum atomic E-state index is 10.7. The number of nitrogens with one attached hydrogen (secondary N) is 1. The molecule has 0 heterocycles. The predicted molar refractivity (Wildman–Crippen MR) is 63.4 cm³/mol. The molecule has 0 fully saturated rings. The molecular formula is C12H18N2O2. The van der Waals surface area contributed by atoms with Crippen LogP contribution in [-0.4, -0.2) is 19.6 Å². The van der Waals surface area contributed by atoms with E-state index < -0.39 is 5.91 Å². The summed E-state index contributed by atoms with van der Waals surface area (Å²) in [7, 11) is 1.90. The molecule has 88 valence electrons. The van der Waals surface area contributed by atoms with Crippen LogP contribution in [-0.2, 0) is 11.3 Å². The number of ether oxygens (including phenoxy) is 1. The minimum absolute atomic E-state index is 0.0763. The Morgan fingerprint density at radius 3 is 2.38 bits per heavy atom. The summed E-state index contributed by atoms with van der Waals surface area (Å²) in [5.74, 6) is 0.289. The molecule has 1 amide bonds. The molecule has 0 bridgehead atoms. The summed E-state index contributed by atoms with van der Waals surface area (Å²) in [5.41, 5.74) is 8.28. The van der Waals surface area contributed by atoms with Gasteiger partial charge in [0.15, 0.2) is 6.61 Å². The van der Waals surface area contributed by atoms with E-state index in [9.17, 15) is 4.79 Å². The highest BCUT2D eigenvalue weighted by atomic mass is 16.5. The normalized spacial score (nSPS) is 10.2. The van der Waals surface area contributed by atoms with Crippen LogP contribution >= 0.6 is 0 Å². The molecule has 0 saturated heterocycles. The van der Waals surface area contributed by atoms with Crippen LogP contribution in [0.5, 0.6) is 5.75 Å². The van der Waals surface area contributed by atoms with Gasteiger partial charge in [-0.25, -0.2) is 0 Å². The molecule has 1 aromatic rings. The summed E-state index contributed by atoms with van der Waals surface area (Å²) in [4.78, 5) is 10.7. The molecule has 0 atom stereocenters. The number of aryl methyl sites for hydroxylation is 2. The molecule has 3 N–H and O–H groups in total. The number of carbonyl (C=O) groups is 1. The Balaban J connectivity index is 2.89. The smallest absolute Gasteiger partial charge is 0.255 e. The summed E-state index contributed by atoms with van der Waals surface area (Å²) in [6, 6.07) is 4.08. The van der Waals surface area contributed by atoms with Crippen molar-refractivity contribution >= 4 is 5.91 Å². The van der Waals surface area contributed by atoms with Crippen LogP contribution in [0.15, 0.2) is 12.1 Å². The van der Waals surface area contributed by atoms with Crippen LogP contribution in [0.1, 0.15) is 16.7 Å². The quantitative estimate of drug-likeness (QED) is 0.777. The van der Waals surface area contributed by atoms with Crippen molar-refractivity contribution in [2.45, 2.75) is 20.4 Å².